The molecular formula is C17H26ClNO. The quantitative estimate of drug-likeness (QED) is 0.819. The lowest BCUT2D eigenvalue weighted by molar-refractivity contribution is 0.0994. The van der Waals surface area contributed by atoms with E-state index < -0.39 is 0 Å². The van der Waals surface area contributed by atoms with Gasteiger partial charge < -0.3 is 10.4 Å². The van der Waals surface area contributed by atoms with Crippen molar-refractivity contribution in [2.24, 2.45) is 5.92 Å². The fourth-order valence-corrected chi connectivity index (χ4v) is 3.25. The molecule has 1 aliphatic carbocycles. The van der Waals surface area contributed by atoms with E-state index in [1.807, 2.05) is 12.1 Å². The highest BCUT2D eigenvalue weighted by molar-refractivity contribution is 6.30. The summed E-state index contributed by atoms with van der Waals surface area (Å²) >= 11 is 5.96. The average Bonchev–Trinajstić information content (AvgIpc) is 2.44. The van der Waals surface area contributed by atoms with Gasteiger partial charge in [0.25, 0.3) is 0 Å². The van der Waals surface area contributed by atoms with E-state index in [9.17, 15) is 5.11 Å². The first kappa shape index (κ1) is 15.8. The number of halogens is 1. The van der Waals surface area contributed by atoms with Crippen LogP contribution in [0, 0.1) is 5.92 Å². The van der Waals surface area contributed by atoms with Crippen LogP contribution in [-0.4, -0.2) is 17.8 Å². The third-order valence-corrected chi connectivity index (χ3v) is 4.51. The number of aliphatic hydroxyl groups is 1. The van der Waals surface area contributed by atoms with Gasteiger partial charge in [-0.05, 0) is 55.8 Å². The van der Waals surface area contributed by atoms with Crippen LogP contribution in [0.2, 0.25) is 5.02 Å². The Balaban J connectivity index is 1.90. The Labute approximate surface area is 127 Å². The number of aliphatic hydroxyl groups excluding tert-OH is 1. The van der Waals surface area contributed by atoms with Crippen molar-refractivity contribution in [3.05, 3.63) is 34.9 Å². The van der Waals surface area contributed by atoms with Crippen molar-refractivity contribution >= 4 is 11.6 Å². The van der Waals surface area contributed by atoms with Crippen LogP contribution in [0.15, 0.2) is 24.3 Å². The molecule has 3 heteroatoms. The van der Waals surface area contributed by atoms with Gasteiger partial charge in [0.2, 0.25) is 0 Å². The third kappa shape index (κ3) is 4.76. The molecule has 0 heterocycles. The molecule has 20 heavy (non-hydrogen) atoms. The molecule has 1 fully saturated rings. The minimum Gasteiger partial charge on any atom is -0.393 e. The van der Waals surface area contributed by atoms with E-state index in [1.54, 1.807) is 0 Å². The summed E-state index contributed by atoms with van der Waals surface area (Å²) in [7, 11) is 0. The molecule has 1 saturated carbocycles. The maximum atomic E-state index is 9.75. The van der Waals surface area contributed by atoms with Crippen LogP contribution in [0.25, 0.3) is 0 Å². The zero-order valence-electron chi connectivity index (χ0n) is 12.3. The minimum atomic E-state index is -0.0873. The molecule has 0 spiro atoms. The van der Waals surface area contributed by atoms with E-state index in [1.165, 1.54) is 12.0 Å². The monoisotopic (exact) mass is 295 g/mol. The molecule has 0 aromatic heterocycles. The first-order valence-electron chi connectivity index (χ1n) is 7.86. The molecule has 112 valence electrons. The first-order chi connectivity index (χ1) is 9.69. The predicted octanol–water partition coefficient (Wildman–Crippen LogP) is 4.32. The van der Waals surface area contributed by atoms with E-state index in [0.717, 1.165) is 43.7 Å². The summed E-state index contributed by atoms with van der Waals surface area (Å²) in [5, 5.41) is 14.2. The van der Waals surface area contributed by atoms with Gasteiger partial charge in [-0.25, -0.2) is 0 Å². The summed E-state index contributed by atoms with van der Waals surface area (Å²) in [6, 6.07) is 8.56. The zero-order chi connectivity index (χ0) is 14.4. The van der Waals surface area contributed by atoms with Crippen LogP contribution in [0.3, 0.4) is 0 Å². The third-order valence-electron chi connectivity index (χ3n) is 4.26. The van der Waals surface area contributed by atoms with Crippen molar-refractivity contribution < 1.29 is 5.11 Å². The second-order valence-corrected chi connectivity index (χ2v) is 6.42. The Kier molecular flexibility index (Phi) is 6.34. The van der Waals surface area contributed by atoms with Crippen LogP contribution < -0.4 is 5.32 Å². The van der Waals surface area contributed by atoms with E-state index >= 15 is 0 Å². The van der Waals surface area contributed by atoms with Gasteiger partial charge in [0.1, 0.15) is 0 Å². The smallest absolute Gasteiger partial charge is 0.0543 e. The topological polar surface area (TPSA) is 32.3 Å². The van der Waals surface area contributed by atoms with E-state index in [4.69, 9.17) is 11.6 Å². The molecule has 0 amide bonds. The van der Waals surface area contributed by atoms with Crippen molar-refractivity contribution in [1.29, 1.82) is 0 Å². The zero-order valence-corrected chi connectivity index (χ0v) is 13.1. The Hall–Kier alpha value is -0.570. The fourth-order valence-electron chi connectivity index (χ4n) is 3.13. The minimum absolute atomic E-state index is 0.0873. The van der Waals surface area contributed by atoms with Crippen molar-refractivity contribution in [1.82, 2.24) is 5.32 Å². The fraction of sp³-hybridized carbons (Fsp3) is 0.647. The molecular weight excluding hydrogens is 270 g/mol. The standard InChI is InChI=1S/C17H26ClNO/c1-2-4-17(14-7-9-15(18)10-8-14)19-12-13-5-3-6-16(20)11-13/h7-10,13,16-17,19-20H,2-6,11-12H2,1H3. The first-order valence-corrected chi connectivity index (χ1v) is 8.23. The maximum absolute atomic E-state index is 9.75. The van der Waals surface area contributed by atoms with Crippen molar-refractivity contribution in [2.75, 3.05) is 6.54 Å². The summed E-state index contributed by atoms with van der Waals surface area (Å²) in [5.41, 5.74) is 1.31. The molecule has 0 radical (unpaired) electrons. The molecule has 3 atom stereocenters. The van der Waals surface area contributed by atoms with Crippen molar-refractivity contribution in [3.8, 4) is 0 Å². The maximum Gasteiger partial charge on any atom is 0.0543 e. The molecule has 1 aromatic rings. The van der Waals surface area contributed by atoms with Gasteiger partial charge in [-0.1, -0.05) is 43.5 Å². The van der Waals surface area contributed by atoms with E-state index in [0.29, 0.717) is 12.0 Å². The second-order valence-electron chi connectivity index (χ2n) is 5.99. The van der Waals surface area contributed by atoms with Gasteiger partial charge in [0.05, 0.1) is 6.10 Å². The van der Waals surface area contributed by atoms with Gasteiger partial charge >= 0.3 is 0 Å². The van der Waals surface area contributed by atoms with Gasteiger partial charge in [0.15, 0.2) is 0 Å². The highest BCUT2D eigenvalue weighted by Crippen LogP contribution is 2.26. The lowest BCUT2D eigenvalue weighted by Gasteiger charge is -2.28. The number of hydrogen-bond acceptors (Lipinski definition) is 2. The molecule has 2 nitrogen and oxygen atoms in total. The molecule has 0 saturated heterocycles. The molecule has 1 aliphatic rings. The summed E-state index contributed by atoms with van der Waals surface area (Å²) in [6.45, 7) is 3.22. The summed E-state index contributed by atoms with van der Waals surface area (Å²) in [6.07, 6.45) is 6.54. The Morgan fingerprint density at radius 1 is 1.30 bits per heavy atom. The summed E-state index contributed by atoms with van der Waals surface area (Å²) < 4.78 is 0. The van der Waals surface area contributed by atoms with Crippen LogP contribution >= 0.6 is 11.6 Å². The average molecular weight is 296 g/mol. The Morgan fingerprint density at radius 2 is 2.05 bits per heavy atom. The number of hydrogen-bond donors (Lipinski definition) is 2. The number of nitrogens with one attached hydrogen (secondary N) is 1. The molecule has 0 bridgehead atoms. The summed E-state index contributed by atoms with van der Waals surface area (Å²) in [4.78, 5) is 0. The van der Waals surface area contributed by atoms with Crippen LogP contribution in [0.1, 0.15) is 57.1 Å². The summed E-state index contributed by atoms with van der Waals surface area (Å²) in [5.74, 6) is 0.616. The lowest BCUT2D eigenvalue weighted by atomic mass is 9.87. The molecule has 2 N–H and O–H groups in total. The number of rotatable bonds is 6. The number of benzene rings is 1. The SMILES string of the molecule is CCCC(NCC1CCCC(O)C1)c1ccc(Cl)cc1. The van der Waals surface area contributed by atoms with Gasteiger partial charge in [0, 0.05) is 11.1 Å². The highest BCUT2D eigenvalue weighted by atomic mass is 35.5. The van der Waals surface area contributed by atoms with Crippen LogP contribution in [0.5, 0.6) is 0 Å². The Bertz CT molecular complexity index is 392. The Morgan fingerprint density at radius 3 is 2.70 bits per heavy atom. The van der Waals surface area contributed by atoms with Gasteiger partial charge in [-0.2, -0.15) is 0 Å². The van der Waals surface area contributed by atoms with Gasteiger partial charge in [-0.15, -0.1) is 0 Å². The molecule has 1 aromatic carbocycles. The van der Waals surface area contributed by atoms with Crippen molar-refractivity contribution in [2.45, 2.75) is 57.6 Å². The molecule has 2 rings (SSSR count). The van der Waals surface area contributed by atoms with E-state index in [-0.39, 0.29) is 6.10 Å². The lowest BCUT2D eigenvalue weighted by Crippen LogP contribution is -2.31. The normalized spacial score (nSPS) is 24.6. The predicted molar refractivity (Wildman–Crippen MR) is 85.1 cm³/mol. The molecule has 0 aliphatic heterocycles. The van der Waals surface area contributed by atoms with E-state index in [2.05, 4.69) is 24.4 Å². The second kappa shape index (κ2) is 8.02. The van der Waals surface area contributed by atoms with Gasteiger partial charge in [-0.3, -0.25) is 0 Å². The largest absolute Gasteiger partial charge is 0.393 e. The highest BCUT2D eigenvalue weighted by Gasteiger charge is 2.21. The van der Waals surface area contributed by atoms with Crippen molar-refractivity contribution in [3.63, 3.8) is 0 Å². The van der Waals surface area contributed by atoms with Crippen LogP contribution in [0.4, 0.5) is 0 Å². The van der Waals surface area contributed by atoms with Crippen LogP contribution in [-0.2, 0) is 0 Å². The molecule has 3 unspecified atom stereocenters.